The summed E-state index contributed by atoms with van der Waals surface area (Å²) in [4.78, 5) is 12.6. The van der Waals surface area contributed by atoms with Crippen LogP contribution < -0.4 is 5.73 Å². The second kappa shape index (κ2) is 4.65. The van der Waals surface area contributed by atoms with Gasteiger partial charge in [-0.05, 0) is 30.2 Å². The molecule has 0 unspecified atom stereocenters. The van der Waals surface area contributed by atoms with Crippen molar-refractivity contribution in [3.8, 4) is 11.3 Å². The molecule has 0 aliphatic rings. The summed E-state index contributed by atoms with van der Waals surface area (Å²) in [5, 5.41) is 1.19. The molecule has 0 spiro atoms. The quantitative estimate of drug-likeness (QED) is 0.759. The lowest BCUT2D eigenvalue weighted by molar-refractivity contribution is 1.15. The van der Waals surface area contributed by atoms with Crippen LogP contribution in [0, 0.1) is 0 Å². The van der Waals surface area contributed by atoms with Gasteiger partial charge in [0.2, 0.25) is 0 Å². The molecule has 0 aliphatic carbocycles. The van der Waals surface area contributed by atoms with Gasteiger partial charge in [0.15, 0.2) is 0 Å². The number of nitrogens with zero attached hydrogens (tertiary/aromatic N) is 3. The van der Waals surface area contributed by atoms with Gasteiger partial charge in [-0.25, -0.2) is 9.97 Å². The van der Waals surface area contributed by atoms with Gasteiger partial charge in [-0.2, -0.15) is 0 Å². The number of nitrogens with two attached hydrogens (primary N) is 1. The second-order valence-electron chi connectivity index (χ2n) is 4.39. The SMILES string of the molecule is CCc1cc(-c2cc(N)ncn2)cc2ncccc12. The van der Waals surface area contributed by atoms with Crippen LogP contribution in [0.3, 0.4) is 0 Å². The van der Waals surface area contributed by atoms with E-state index in [4.69, 9.17) is 5.73 Å². The number of hydrogen-bond donors (Lipinski definition) is 1. The Bertz CT molecular complexity index is 737. The topological polar surface area (TPSA) is 64.7 Å². The van der Waals surface area contributed by atoms with Gasteiger partial charge in [0.05, 0.1) is 11.2 Å². The predicted octanol–water partition coefficient (Wildman–Crippen LogP) is 2.84. The Morgan fingerprint density at radius 2 is 2.00 bits per heavy atom. The molecule has 4 nitrogen and oxygen atoms in total. The Balaban J connectivity index is 2.25. The Morgan fingerprint density at radius 1 is 1.11 bits per heavy atom. The van der Waals surface area contributed by atoms with Crippen molar-refractivity contribution in [3.05, 3.63) is 48.4 Å². The van der Waals surface area contributed by atoms with E-state index in [0.29, 0.717) is 5.82 Å². The van der Waals surface area contributed by atoms with Crippen LogP contribution in [0.4, 0.5) is 5.82 Å². The zero-order chi connectivity index (χ0) is 13.2. The molecule has 3 aromatic rings. The summed E-state index contributed by atoms with van der Waals surface area (Å²) in [5.41, 5.74) is 9.81. The summed E-state index contributed by atoms with van der Waals surface area (Å²) in [7, 11) is 0. The van der Waals surface area contributed by atoms with Crippen molar-refractivity contribution in [3.63, 3.8) is 0 Å². The number of benzene rings is 1. The molecule has 2 N–H and O–H groups in total. The van der Waals surface area contributed by atoms with Crippen LogP contribution in [0.2, 0.25) is 0 Å². The highest BCUT2D eigenvalue weighted by molar-refractivity contribution is 5.87. The Labute approximate surface area is 111 Å². The van der Waals surface area contributed by atoms with Crippen LogP contribution in [0.15, 0.2) is 42.9 Å². The lowest BCUT2D eigenvalue weighted by atomic mass is 10.0. The van der Waals surface area contributed by atoms with Crippen LogP contribution in [-0.2, 0) is 6.42 Å². The number of rotatable bonds is 2. The van der Waals surface area contributed by atoms with Crippen LogP contribution >= 0.6 is 0 Å². The number of nitrogen functional groups attached to an aromatic ring is 1. The van der Waals surface area contributed by atoms with E-state index in [9.17, 15) is 0 Å². The first kappa shape index (κ1) is 11.6. The van der Waals surface area contributed by atoms with Crippen molar-refractivity contribution in [2.24, 2.45) is 0 Å². The fourth-order valence-electron chi connectivity index (χ4n) is 2.23. The zero-order valence-electron chi connectivity index (χ0n) is 10.7. The first-order valence-electron chi connectivity index (χ1n) is 6.23. The molecule has 0 aliphatic heterocycles. The van der Waals surface area contributed by atoms with E-state index < -0.39 is 0 Å². The lowest BCUT2D eigenvalue weighted by Gasteiger charge is -2.08. The van der Waals surface area contributed by atoms with Gasteiger partial charge in [-0.1, -0.05) is 13.0 Å². The first-order chi connectivity index (χ1) is 9.28. The fourth-order valence-corrected chi connectivity index (χ4v) is 2.23. The third kappa shape index (κ3) is 2.12. The standard InChI is InChI=1S/C15H14N4/c1-2-10-6-11(13-8-15(16)19-9-18-13)7-14-12(10)4-3-5-17-14/h3-9H,2H2,1H3,(H2,16,18,19). The zero-order valence-corrected chi connectivity index (χ0v) is 10.7. The molecule has 2 aromatic heterocycles. The number of fused-ring (bicyclic) bond motifs is 1. The van der Waals surface area contributed by atoms with Crippen LogP contribution in [0.25, 0.3) is 22.2 Å². The molecule has 4 heteroatoms. The molecule has 1 aromatic carbocycles. The van der Waals surface area contributed by atoms with E-state index in [-0.39, 0.29) is 0 Å². The molecule has 19 heavy (non-hydrogen) atoms. The molecule has 0 bridgehead atoms. The first-order valence-corrected chi connectivity index (χ1v) is 6.23. The largest absolute Gasteiger partial charge is 0.384 e. The van der Waals surface area contributed by atoms with E-state index in [1.165, 1.54) is 17.3 Å². The number of hydrogen-bond acceptors (Lipinski definition) is 4. The Kier molecular flexibility index (Phi) is 2.83. The van der Waals surface area contributed by atoms with E-state index in [1.807, 2.05) is 12.1 Å². The molecular formula is C15H14N4. The van der Waals surface area contributed by atoms with Crippen molar-refractivity contribution in [2.45, 2.75) is 13.3 Å². The third-order valence-electron chi connectivity index (χ3n) is 3.17. The average molecular weight is 250 g/mol. The van der Waals surface area contributed by atoms with E-state index in [1.54, 1.807) is 12.3 Å². The summed E-state index contributed by atoms with van der Waals surface area (Å²) in [6.45, 7) is 2.14. The lowest BCUT2D eigenvalue weighted by Crippen LogP contribution is -1.94. The number of aromatic nitrogens is 3. The van der Waals surface area contributed by atoms with E-state index in [0.717, 1.165) is 23.2 Å². The molecule has 94 valence electrons. The van der Waals surface area contributed by atoms with Crippen molar-refractivity contribution >= 4 is 16.7 Å². The van der Waals surface area contributed by atoms with Crippen LogP contribution in [-0.4, -0.2) is 15.0 Å². The van der Waals surface area contributed by atoms with E-state index in [2.05, 4.69) is 34.0 Å². The maximum atomic E-state index is 5.71. The molecule has 0 fully saturated rings. The summed E-state index contributed by atoms with van der Waals surface area (Å²) in [6.07, 6.45) is 4.25. The molecular weight excluding hydrogens is 236 g/mol. The van der Waals surface area contributed by atoms with Crippen molar-refractivity contribution in [1.82, 2.24) is 15.0 Å². The second-order valence-corrected chi connectivity index (χ2v) is 4.39. The van der Waals surface area contributed by atoms with Crippen LogP contribution in [0.1, 0.15) is 12.5 Å². The van der Waals surface area contributed by atoms with Gasteiger partial charge in [-0.15, -0.1) is 0 Å². The molecule has 0 saturated heterocycles. The van der Waals surface area contributed by atoms with Gasteiger partial charge < -0.3 is 5.73 Å². The molecule has 0 saturated carbocycles. The highest BCUT2D eigenvalue weighted by atomic mass is 14.9. The van der Waals surface area contributed by atoms with Crippen molar-refractivity contribution in [2.75, 3.05) is 5.73 Å². The molecule has 3 rings (SSSR count). The van der Waals surface area contributed by atoms with E-state index >= 15 is 0 Å². The van der Waals surface area contributed by atoms with Crippen LogP contribution in [0.5, 0.6) is 0 Å². The predicted molar refractivity (Wildman–Crippen MR) is 76.6 cm³/mol. The summed E-state index contributed by atoms with van der Waals surface area (Å²) < 4.78 is 0. The number of anilines is 1. The summed E-state index contributed by atoms with van der Waals surface area (Å²) in [6, 6.07) is 10.0. The highest BCUT2D eigenvalue weighted by Crippen LogP contribution is 2.26. The highest BCUT2D eigenvalue weighted by Gasteiger charge is 2.06. The van der Waals surface area contributed by atoms with Gasteiger partial charge in [0.25, 0.3) is 0 Å². The summed E-state index contributed by atoms with van der Waals surface area (Å²) >= 11 is 0. The molecule has 0 radical (unpaired) electrons. The Morgan fingerprint density at radius 3 is 2.79 bits per heavy atom. The minimum absolute atomic E-state index is 0.476. The average Bonchev–Trinajstić information content (AvgIpc) is 2.46. The van der Waals surface area contributed by atoms with Crippen molar-refractivity contribution in [1.29, 1.82) is 0 Å². The van der Waals surface area contributed by atoms with Gasteiger partial charge in [0.1, 0.15) is 12.1 Å². The van der Waals surface area contributed by atoms with Gasteiger partial charge >= 0.3 is 0 Å². The van der Waals surface area contributed by atoms with Gasteiger partial charge in [0, 0.05) is 23.2 Å². The maximum Gasteiger partial charge on any atom is 0.127 e. The molecule has 0 amide bonds. The summed E-state index contributed by atoms with van der Waals surface area (Å²) in [5.74, 6) is 0.476. The number of pyridine rings is 1. The Hall–Kier alpha value is -2.49. The normalized spacial score (nSPS) is 10.8. The molecule has 0 atom stereocenters. The smallest absolute Gasteiger partial charge is 0.127 e. The monoisotopic (exact) mass is 250 g/mol. The fraction of sp³-hybridized carbons (Fsp3) is 0.133. The minimum atomic E-state index is 0.476. The van der Waals surface area contributed by atoms with Gasteiger partial charge in [-0.3, -0.25) is 4.98 Å². The third-order valence-corrected chi connectivity index (χ3v) is 3.17. The number of aryl methyl sites for hydroxylation is 1. The minimum Gasteiger partial charge on any atom is -0.384 e. The van der Waals surface area contributed by atoms with Crippen molar-refractivity contribution < 1.29 is 0 Å². The molecule has 2 heterocycles. The maximum absolute atomic E-state index is 5.71.